The number of urea groups is 1. The normalized spacial score (nSPS) is 17.0. The van der Waals surface area contributed by atoms with Gasteiger partial charge in [0.1, 0.15) is 12.4 Å². The first-order chi connectivity index (χ1) is 11.0. The number of ether oxygens (including phenoxy) is 1. The summed E-state index contributed by atoms with van der Waals surface area (Å²) in [6.07, 6.45) is 0.114. The minimum absolute atomic E-state index is 0.114. The lowest BCUT2D eigenvalue weighted by Crippen LogP contribution is -2.45. The van der Waals surface area contributed by atoms with Gasteiger partial charge in [-0.15, -0.1) is 0 Å². The Labute approximate surface area is 132 Å². The number of carbonyl (C=O) groups is 3. The van der Waals surface area contributed by atoms with Gasteiger partial charge in [-0.25, -0.2) is 9.18 Å². The van der Waals surface area contributed by atoms with Gasteiger partial charge in [0, 0.05) is 18.7 Å². The number of hydrogen-bond donors (Lipinski definition) is 2. The maximum Gasteiger partial charge on any atom is 0.325 e. The highest BCUT2D eigenvalue weighted by Gasteiger charge is 2.31. The fourth-order valence-corrected chi connectivity index (χ4v) is 2.30. The summed E-state index contributed by atoms with van der Waals surface area (Å²) in [5, 5.41) is 4.97. The van der Waals surface area contributed by atoms with Crippen molar-refractivity contribution >= 4 is 23.6 Å². The lowest BCUT2D eigenvalue weighted by Gasteiger charge is -2.17. The highest BCUT2D eigenvalue weighted by Crippen LogP contribution is 2.22. The van der Waals surface area contributed by atoms with Crippen LogP contribution in [-0.4, -0.2) is 43.6 Å². The maximum atomic E-state index is 13.2. The number of carbonyl (C=O) groups excluding carboxylic acids is 3. The molecule has 0 bridgehead atoms. The molecule has 0 unspecified atom stereocenters. The minimum Gasteiger partial charge on any atom is -0.465 e. The van der Waals surface area contributed by atoms with Gasteiger partial charge in [-0.1, -0.05) is 6.07 Å². The van der Waals surface area contributed by atoms with Crippen LogP contribution in [0.5, 0.6) is 0 Å². The van der Waals surface area contributed by atoms with Crippen molar-refractivity contribution in [3.8, 4) is 0 Å². The summed E-state index contributed by atoms with van der Waals surface area (Å²) >= 11 is 0. The van der Waals surface area contributed by atoms with E-state index < -0.39 is 23.9 Å². The molecular weight excluding hydrogens is 305 g/mol. The van der Waals surface area contributed by atoms with Crippen LogP contribution in [0.4, 0.5) is 14.9 Å². The van der Waals surface area contributed by atoms with E-state index in [9.17, 15) is 18.8 Å². The number of anilines is 1. The van der Waals surface area contributed by atoms with Gasteiger partial charge in [0.15, 0.2) is 0 Å². The summed E-state index contributed by atoms with van der Waals surface area (Å²) < 4.78 is 17.9. The molecule has 1 aromatic rings. The Hall–Kier alpha value is -2.64. The van der Waals surface area contributed by atoms with Crippen LogP contribution in [0, 0.1) is 5.82 Å². The molecule has 0 saturated carbocycles. The molecule has 1 aliphatic heterocycles. The Morgan fingerprint density at radius 1 is 1.43 bits per heavy atom. The number of halogens is 1. The minimum atomic E-state index is -0.558. The number of benzene rings is 1. The summed E-state index contributed by atoms with van der Waals surface area (Å²) in [7, 11) is 0. The number of nitrogens with zero attached hydrogens (tertiary/aromatic N) is 1. The van der Waals surface area contributed by atoms with Crippen molar-refractivity contribution in [2.24, 2.45) is 0 Å². The molecule has 0 radical (unpaired) electrons. The zero-order chi connectivity index (χ0) is 16.8. The maximum absolute atomic E-state index is 13.2. The monoisotopic (exact) mass is 323 g/mol. The standard InChI is InChI=1S/C15H18FN3O4/c1-2-23-14(21)8-17-15(22)18-11-7-13(20)19(9-11)12-5-3-4-10(16)6-12/h3-6,11H,2,7-9H2,1H3,(H2,17,18,22)/t11-/m1/s1. The van der Waals surface area contributed by atoms with E-state index in [0.29, 0.717) is 5.69 Å². The van der Waals surface area contributed by atoms with Gasteiger partial charge in [0.05, 0.1) is 12.6 Å². The molecule has 1 fully saturated rings. The van der Waals surface area contributed by atoms with E-state index in [1.54, 1.807) is 13.0 Å². The molecule has 0 aromatic heterocycles. The van der Waals surface area contributed by atoms with Crippen LogP contribution in [0.3, 0.4) is 0 Å². The Bertz CT molecular complexity index is 608. The number of hydrogen-bond acceptors (Lipinski definition) is 4. The van der Waals surface area contributed by atoms with Crippen LogP contribution in [0.15, 0.2) is 24.3 Å². The smallest absolute Gasteiger partial charge is 0.325 e. The van der Waals surface area contributed by atoms with Crippen LogP contribution in [0.1, 0.15) is 13.3 Å². The molecule has 3 amide bonds. The van der Waals surface area contributed by atoms with E-state index in [1.807, 2.05) is 0 Å². The average Bonchev–Trinajstić information content (AvgIpc) is 2.86. The summed E-state index contributed by atoms with van der Waals surface area (Å²) in [5.74, 6) is -1.17. The molecule has 23 heavy (non-hydrogen) atoms. The number of rotatable bonds is 5. The van der Waals surface area contributed by atoms with E-state index in [0.717, 1.165) is 0 Å². The highest BCUT2D eigenvalue weighted by atomic mass is 19.1. The fourth-order valence-electron chi connectivity index (χ4n) is 2.30. The van der Waals surface area contributed by atoms with Gasteiger partial charge >= 0.3 is 12.0 Å². The van der Waals surface area contributed by atoms with E-state index in [-0.39, 0.29) is 32.0 Å². The third-order valence-electron chi connectivity index (χ3n) is 3.28. The van der Waals surface area contributed by atoms with E-state index >= 15 is 0 Å². The van der Waals surface area contributed by atoms with Crippen molar-refractivity contribution in [1.82, 2.24) is 10.6 Å². The number of amides is 3. The zero-order valence-corrected chi connectivity index (χ0v) is 12.7. The summed E-state index contributed by atoms with van der Waals surface area (Å²) in [5.41, 5.74) is 0.450. The predicted molar refractivity (Wildman–Crippen MR) is 80.3 cm³/mol. The van der Waals surface area contributed by atoms with Crippen molar-refractivity contribution in [3.63, 3.8) is 0 Å². The van der Waals surface area contributed by atoms with Crippen molar-refractivity contribution in [2.75, 3.05) is 24.6 Å². The first-order valence-corrected chi connectivity index (χ1v) is 7.25. The molecule has 2 N–H and O–H groups in total. The van der Waals surface area contributed by atoms with Gasteiger partial charge in [-0.05, 0) is 25.1 Å². The summed E-state index contributed by atoms with van der Waals surface area (Å²) in [6.45, 7) is 1.91. The Balaban J connectivity index is 1.85. The fraction of sp³-hybridized carbons (Fsp3) is 0.400. The van der Waals surface area contributed by atoms with Crippen LogP contribution in [0.2, 0.25) is 0 Å². The van der Waals surface area contributed by atoms with Gasteiger partial charge in [0.2, 0.25) is 5.91 Å². The van der Waals surface area contributed by atoms with Crippen LogP contribution < -0.4 is 15.5 Å². The second kappa shape index (κ2) is 7.57. The quantitative estimate of drug-likeness (QED) is 0.784. The van der Waals surface area contributed by atoms with Crippen molar-refractivity contribution < 1.29 is 23.5 Å². The highest BCUT2D eigenvalue weighted by molar-refractivity contribution is 5.96. The topological polar surface area (TPSA) is 87.7 Å². The molecule has 0 aliphatic carbocycles. The third kappa shape index (κ3) is 4.67. The van der Waals surface area contributed by atoms with Crippen molar-refractivity contribution in [3.05, 3.63) is 30.1 Å². The largest absolute Gasteiger partial charge is 0.465 e. The molecule has 1 aliphatic rings. The summed E-state index contributed by atoms with van der Waals surface area (Å²) in [6, 6.07) is 4.74. The lowest BCUT2D eigenvalue weighted by atomic mass is 10.2. The summed E-state index contributed by atoms with van der Waals surface area (Å²) in [4.78, 5) is 36.2. The molecule has 124 valence electrons. The molecular formula is C15H18FN3O4. The predicted octanol–water partition coefficient (Wildman–Crippen LogP) is 0.793. The molecule has 1 heterocycles. The van der Waals surface area contributed by atoms with Gasteiger partial charge in [-0.2, -0.15) is 0 Å². The van der Waals surface area contributed by atoms with Crippen LogP contribution >= 0.6 is 0 Å². The molecule has 2 rings (SSSR count). The van der Waals surface area contributed by atoms with E-state index in [1.165, 1.54) is 23.1 Å². The lowest BCUT2D eigenvalue weighted by molar-refractivity contribution is -0.141. The molecule has 1 aromatic carbocycles. The van der Waals surface area contributed by atoms with Crippen molar-refractivity contribution in [2.45, 2.75) is 19.4 Å². The average molecular weight is 323 g/mol. The second-order valence-electron chi connectivity index (χ2n) is 5.02. The van der Waals surface area contributed by atoms with Gasteiger partial charge in [0.25, 0.3) is 0 Å². The number of esters is 1. The van der Waals surface area contributed by atoms with Crippen molar-refractivity contribution in [1.29, 1.82) is 0 Å². The van der Waals surface area contributed by atoms with E-state index in [2.05, 4.69) is 15.4 Å². The zero-order valence-electron chi connectivity index (χ0n) is 12.7. The first-order valence-electron chi connectivity index (χ1n) is 7.25. The van der Waals surface area contributed by atoms with Gasteiger partial charge in [-0.3, -0.25) is 9.59 Å². The van der Waals surface area contributed by atoms with Crippen LogP contribution in [-0.2, 0) is 14.3 Å². The number of nitrogens with one attached hydrogen (secondary N) is 2. The second-order valence-corrected chi connectivity index (χ2v) is 5.02. The van der Waals surface area contributed by atoms with Gasteiger partial charge < -0.3 is 20.3 Å². The Morgan fingerprint density at radius 3 is 2.91 bits per heavy atom. The molecule has 0 spiro atoms. The third-order valence-corrected chi connectivity index (χ3v) is 3.28. The van der Waals surface area contributed by atoms with Crippen LogP contribution in [0.25, 0.3) is 0 Å². The Kier molecular flexibility index (Phi) is 5.51. The SMILES string of the molecule is CCOC(=O)CNC(=O)N[C@@H]1CC(=O)N(c2cccc(F)c2)C1. The molecule has 1 atom stereocenters. The first kappa shape index (κ1) is 16.7. The molecule has 1 saturated heterocycles. The Morgan fingerprint density at radius 2 is 2.22 bits per heavy atom. The molecule has 8 heteroatoms. The molecule has 7 nitrogen and oxygen atoms in total. The van der Waals surface area contributed by atoms with E-state index in [4.69, 9.17) is 0 Å².